The van der Waals surface area contributed by atoms with Crippen molar-refractivity contribution in [3.05, 3.63) is 10.6 Å². The molecule has 2 aliphatic rings. The summed E-state index contributed by atoms with van der Waals surface area (Å²) in [6.07, 6.45) is 1.15. The third-order valence-corrected chi connectivity index (χ3v) is 5.60. The van der Waals surface area contributed by atoms with Gasteiger partial charge >= 0.3 is 0 Å². The van der Waals surface area contributed by atoms with E-state index in [1.54, 1.807) is 0 Å². The number of hydrogen-bond acceptors (Lipinski definition) is 5. The molecule has 2 amide bonds. The van der Waals surface area contributed by atoms with E-state index in [0.717, 1.165) is 30.1 Å². The number of rotatable bonds is 2. The number of thiazole rings is 1. The lowest BCUT2D eigenvalue weighted by Crippen LogP contribution is -2.36. The zero-order valence-corrected chi connectivity index (χ0v) is 12.8. The highest BCUT2D eigenvalue weighted by molar-refractivity contribution is 7.16. The maximum absolute atomic E-state index is 12.6. The van der Waals surface area contributed by atoms with Crippen molar-refractivity contribution in [2.45, 2.75) is 40.2 Å². The largest absolute Gasteiger partial charge is 0.311 e. The number of amides is 2. The van der Waals surface area contributed by atoms with E-state index in [1.165, 1.54) is 16.2 Å². The number of fused-ring (bicyclic) bond motifs is 1. The van der Waals surface area contributed by atoms with Crippen LogP contribution in [-0.4, -0.2) is 23.3 Å². The van der Waals surface area contributed by atoms with Gasteiger partial charge in [-0.15, -0.1) is 0 Å². The maximum Gasteiger partial charge on any atom is 0.242 e. The fourth-order valence-electron chi connectivity index (χ4n) is 2.69. The maximum atomic E-state index is 12.6. The zero-order chi connectivity index (χ0) is 14.5. The molecule has 3 rings (SSSR count). The van der Waals surface area contributed by atoms with E-state index in [0.29, 0.717) is 5.13 Å². The predicted octanol–water partition coefficient (Wildman–Crippen LogP) is 1.71. The molecule has 20 heavy (non-hydrogen) atoms. The molecule has 1 unspecified atom stereocenters. The van der Waals surface area contributed by atoms with Gasteiger partial charge in [-0.05, 0) is 12.8 Å². The van der Waals surface area contributed by atoms with E-state index in [9.17, 15) is 9.59 Å². The van der Waals surface area contributed by atoms with Crippen molar-refractivity contribution in [1.82, 2.24) is 10.3 Å². The zero-order valence-electron chi connectivity index (χ0n) is 12.0. The van der Waals surface area contributed by atoms with E-state index in [1.807, 2.05) is 20.8 Å². The number of imide groups is 1. The first-order valence-electron chi connectivity index (χ1n) is 7.00. The minimum atomic E-state index is -0.596. The second-order valence-corrected chi connectivity index (χ2v) is 7.14. The number of carbonyl (C=O) groups is 2. The lowest BCUT2D eigenvalue weighted by atomic mass is 9.78. The number of aromatic nitrogens is 1. The summed E-state index contributed by atoms with van der Waals surface area (Å²) in [5.41, 5.74) is 0.434. The Kier molecular flexibility index (Phi) is 3.17. The molecule has 3 heterocycles. The fraction of sp³-hybridized carbons (Fsp3) is 0.643. The Balaban J connectivity index is 1.96. The molecule has 1 aromatic heterocycles. The van der Waals surface area contributed by atoms with E-state index < -0.39 is 5.41 Å². The first-order chi connectivity index (χ1) is 9.43. The molecule has 0 saturated carbocycles. The molecule has 0 aliphatic carbocycles. The Morgan fingerprint density at radius 1 is 1.40 bits per heavy atom. The van der Waals surface area contributed by atoms with Crippen molar-refractivity contribution in [3.8, 4) is 0 Å². The van der Waals surface area contributed by atoms with Crippen LogP contribution in [-0.2, 0) is 22.6 Å². The summed E-state index contributed by atoms with van der Waals surface area (Å²) in [4.78, 5) is 31.9. The van der Waals surface area contributed by atoms with Crippen LogP contribution in [0.3, 0.4) is 0 Å². The highest BCUT2D eigenvalue weighted by Gasteiger charge is 2.51. The van der Waals surface area contributed by atoms with Gasteiger partial charge in [-0.1, -0.05) is 25.2 Å². The molecule has 6 heteroatoms. The Bertz CT molecular complexity index is 557. The van der Waals surface area contributed by atoms with Crippen molar-refractivity contribution >= 4 is 28.3 Å². The van der Waals surface area contributed by atoms with Crippen molar-refractivity contribution < 1.29 is 9.59 Å². The van der Waals surface area contributed by atoms with Gasteiger partial charge in [0.05, 0.1) is 11.1 Å². The van der Waals surface area contributed by atoms with E-state index in [2.05, 4.69) is 10.3 Å². The van der Waals surface area contributed by atoms with Crippen LogP contribution >= 0.6 is 11.3 Å². The molecule has 0 spiro atoms. The molecule has 1 aromatic rings. The van der Waals surface area contributed by atoms with Crippen LogP contribution in [0.2, 0.25) is 0 Å². The van der Waals surface area contributed by atoms with E-state index in [4.69, 9.17) is 0 Å². The molecule has 1 saturated heterocycles. The van der Waals surface area contributed by atoms with Crippen molar-refractivity contribution in [1.29, 1.82) is 0 Å². The molecular weight excluding hydrogens is 274 g/mol. The number of nitrogens with zero attached hydrogens (tertiary/aromatic N) is 2. The summed E-state index contributed by atoms with van der Waals surface area (Å²) in [7, 11) is 0. The third kappa shape index (κ3) is 1.90. The van der Waals surface area contributed by atoms with Gasteiger partial charge in [0.15, 0.2) is 5.13 Å². The van der Waals surface area contributed by atoms with Gasteiger partial charge in [0, 0.05) is 30.8 Å². The number of hydrogen-bond donors (Lipinski definition) is 1. The molecule has 1 fully saturated rings. The number of nitrogens with one attached hydrogen (secondary N) is 1. The smallest absolute Gasteiger partial charge is 0.242 e. The van der Waals surface area contributed by atoms with Crippen molar-refractivity contribution in [2.75, 3.05) is 11.4 Å². The van der Waals surface area contributed by atoms with Crippen molar-refractivity contribution in [2.24, 2.45) is 11.3 Å². The second kappa shape index (κ2) is 4.63. The highest BCUT2D eigenvalue weighted by atomic mass is 32.1. The minimum absolute atomic E-state index is 0.100. The molecule has 0 aromatic carbocycles. The van der Waals surface area contributed by atoms with Gasteiger partial charge < -0.3 is 5.32 Å². The summed E-state index contributed by atoms with van der Waals surface area (Å²) >= 11 is 1.46. The topological polar surface area (TPSA) is 62.3 Å². The Morgan fingerprint density at radius 3 is 2.75 bits per heavy atom. The quantitative estimate of drug-likeness (QED) is 0.843. The summed E-state index contributed by atoms with van der Waals surface area (Å²) in [5, 5.41) is 3.84. The van der Waals surface area contributed by atoms with Gasteiger partial charge in [-0.2, -0.15) is 0 Å². The van der Waals surface area contributed by atoms with E-state index in [-0.39, 0.29) is 24.2 Å². The molecule has 5 nitrogen and oxygen atoms in total. The van der Waals surface area contributed by atoms with Gasteiger partial charge in [-0.25, -0.2) is 9.88 Å². The second-order valence-electron chi connectivity index (χ2n) is 6.08. The normalized spacial score (nSPS) is 26.5. The molecular formula is C14H19N3O2S. The third-order valence-electron chi connectivity index (χ3n) is 4.52. The summed E-state index contributed by atoms with van der Waals surface area (Å²) in [6, 6.07) is 0. The average molecular weight is 293 g/mol. The van der Waals surface area contributed by atoms with E-state index >= 15 is 0 Å². The van der Waals surface area contributed by atoms with Gasteiger partial charge in [0.1, 0.15) is 0 Å². The first-order valence-corrected chi connectivity index (χ1v) is 7.82. The van der Waals surface area contributed by atoms with Gasteiger partial charge in [0.2, 0.25) is 11.8 Å². The Hall–Kier alpha value is -1.27. The van der Waals surface area contributed by atoms with Crippen LogP contribution in [0.25, 0.3) is 0 Å². The standard InChI is InChI=1S/C14H19N3O2S/c1-8(2)14(3)6-11(18)17(12(14)19)13-16-9-4-5-15-7-10(9)20-13/h8,15H,4-7H2,1-3H3. The summed E-state index contributed by atoms with van der Waals surface area (Å²) in [6.45, 7) is 7.55. The van der Waals surface area contributed by atoms with Crippen LogP contribution in [0.4, 0.5) is 5.13 Å². The molecule has 0 radical (unpaired) electrons. The molecule has 0 bridgehead atoms. The van der Waals surface area contributed by atoms with Crippen LogP contribution in [0.1, 0.15) is 37.8 Å². The monoisotopic (exact) mass is 293 g/mol. The van der Waals surface area contributed by atoms with Crippen LogP contribution in [0.15, 0.2) is 0 Å². The fourth-order valence-corrected chi connectivity index (χ4v) is 3.78. The van der Waals surface area contributed by atoms with Crippen molar-refractivity contribution in [3.63, 3.8) is 0 Å². The molecule has 108 valence electrons. The predicted molar refractivity (Wildman–Crippen MR) is 77.6 cm³/mol. The average Bonchev–Trinajstić information content (AvgIpc) is 2.90. The van der Waals surface area contributed by atoms with Crippen LogP contribution < -0.4 is 10.2 Å². The summed E-state index contributed by atoms with van der Waals surface area (Å²) in [5.74, 6) is -0.0815. The first kappa shape index (κ1) is 13.7. The summed E-state index contributed by atoms with van der Waals surface area (Å²) < 4.78 is 0. The number of carbonyl (C=O) groups excluding carboxylic acids is 2. The Morgan fingerprint density at radius 2 is 2.15 bits per heavy atom. The van der Waals surface area contributed by atoms with Gasteiger partial charge in [0.25, 0.3) is 0 Å². The lowest BCUT2D eigenvalue weighted by molar-refractivity contribution is -0.126. The number of anilines is 1. The van der Waals surface area contributed by atoms with Gasteiger partial charge in [-0.3, -0.25) is 9.59 Å². The highest BCUT2D eigenvalue weighted by Crippen LogP contribution is 2.42. The minimum Gasteiger partial charge on any atom is -0.311 e. The molecule has 2 aliphatic heterocycles. The van der Waals surface area contributed by atoms with Crippen LogP contribution in [0, 0.1) is 11.3 Å². The SMILES string of the molecule is CC(C)C1(C)CC(=O)N(c2nc3c(s2)CNCC3)C1=O. The lowest BCUT2D eigenvalue weighted by Gasteiger charge is -2.25. The molecule has 1 N–H and O–H groups in total. The van der Waals surface area contributed by atoms with Crippen LogP contribution in [0.5, 0.6) is 0 Å². The molecule has 1 atom stereocenters. The Labute approximate surface area is 122 Å².